The summed E-state index contributed by atoms with van der Waals surface area (Å²) >= 11 is 0. The molecule has 5 nitrogen and oxygen atoms in total. The second-order valence-corrected chi connectivity index (χ2v) is 4.27. The Bertz CT molecular complexity index is 697. The Morgan fingerprint density at radius 1 is 1.35 bits per heavy atom. The van der Waals surface area contributed by atoms with Crippen LogP contribution in [0.15, 0.2) is 35.1 Å². The summed E-state index contributed by atoms with van der Waals surface area (Å²) in [4.78, 5) is 11.7. The summed E-state index contributed by atoms with van der Waals surface area (Å²) in [5, 5.41) is 13.0. The lowest BCUT2D eigenvalue weighted by molar-refractivity contribution is 0.340. The Hall–Kier alpha value is -2.61. The number of nitrogens with zero attached hydrogens (tertiary/aromatic N) is 3. The van der Waals surface area contributed by atoms with E-state index in [4.69, 9.17) is 10.00 Å². The molecule has 5 heteroatoms. The molecule has 0 amide bonds. The standard InChI is InChI=1S/C15H15N3O2/c1-3-20-13-6-4-12(5-7-13)18-11(2)10-15(19)14(17-18)8-9-16/h4-7,10H,3,8H2,1-2H3. The summed E-state index contributed by atoms with van der Waals surface area (Å²) in [6.45, 7) is 4.34. The number of hydrogen-bond acceptors (Lipinski definition) is 4. The quantitative estimate of drug-likeness (QED) is 0.851. The first kappa shape index (κ1) is 13.8. The molecule has 2 rings (SSSR count). The van der Waals surface area contributed by atoms with Gasteiger partial charge in [-0.2, -0.15) is 10.4 Å². The van der Waals surface area contributed by atoms with Gasteiger partial charge in [-0.15, -0.1) is 0 Å². The summed E-state index contributed by atoms with van der Waals surface area (Å²) in [5.74, 6) is 0.784. The molecule has 0 atom stereocenters. The highest BCUT2D eigenvalue weighted by Crippen LogP contribution is 2.15. The average molecular weight is 269 g/mol. The second kappa shape index (κ2) is 6.02. The molecular weight excluding hydrogens is 254 g/mol. The van der Waals surface area contributed by atoms with Gasteiger partial charge in [0.25, 0.3) is 0 Å². The predicted molar refractivity (Wildman–Crippen MR) is 75.1 cm³/mol. The van der Waals surface area contributed by atoms with Crippen molar-refractivity contribution in [3.63, 3.8) is 0 Å². The SMILES string of the molecule is CCOc1ccc(-n2nc(CC#N)c(=O)cc2C)cc1. The second-order valence-electron chi connectivity index (χ2n) is 4.27. The van der Waals surface area contributed by atoms with E-state index in [0.717, 1.165) is 17.1 Å². The van der Waals surface area contributed by atoms with Crippen molar-refractivity contribution in [3.8, 4) is 17.5 Å². The topological polar surface area (TPSA) is 67.9 Å². The number of nitriles is 1. The van der Waals surface area contributed by atoms with E-state index < -0.39 is 0 Å². The molecule has 0 saturated heterocycles. The van der Waals surface area contributed by atoms with Crippen LogP contribution < -0.4 is 10.2 Å². The van der Waals surface area contributed by atoms with Crippen LogP contribution in [0.2, 0.25) is 0 Å². The Balaban J connectivity index is 2.44. The molecule has 102 valence electrons. The van der Waals surface area contributed by atoms with Crippen molar-refractivity contribution in [2.24, 2.45) is 0 Å². The predicted octanol–water partition coefficient (Wildman–Crippen LogP) is 2.01. The minimum absolute atomic E-state index is 0.0101. The summed E-state index contributed by atoms with van der Waals surface area (Å²) in [7, 11) is 0. The lowest BCUT2D eigenvalue weighted by Crippen LogP contribution is -2.18. The third-order valence-corrected chi connectivity index (χ3v) is 2.82. The van der Waals surface area contributed by atoms with Gasteiger partial charge in [0.1, 0.15) is 11.4 Å². The smallest absolute Gasteiger partial charge is 0.204 e. The molecule has 0 radical (unpaired) electrons. The monoisotopic (exact) mass is 269 g/mol. The molecule has 1 aromatic carbocycles. The summed E-state index contributed by atoms with van der Waals surface area (Å²) in [5.41, 5.74) is 1.60. The van der Waals surface area contributed by atoms with Gasteiger partial charge in [0.2, 0.25) is 5.43 Å². The Labute approximate surface area is 117 Å². The summed E-state index contributed by atoms with van der Waals surface area (Å²) in [6.07, 6.45) is 0.0101. The van der Waals surface area contributed by atoms with Crippen molar-refractivity contribution in [1.82, 2.24) is 9.78 Å². The Morgan fingerprint density at radius 2 is 2.05 bits per heavy atom. The highest BCUT2D eigenvalue weighted by Gasteiger charge is 2.07. The van der Waals surface area contributed by atoms with Crippen LogP contribution in [0.5, 0.6) is 5.75 Å². The molecular formula is C15H15N3O2. The molecule has 0 unspecified atom stereocenters. The van der Waals surface area contributed by atoms with E-state index in [-0.39, 0.29) is 17.5 Å². The Morgan fingerprint density at radius 3 is 2.65 bits per heavy atom. The van der Waals surface area contributed by atoms with Crippen LogP contribution >= 0.6 is 0 Å². The zero-order valence-corrected chi connectivity index (χ0v) is 11.5. The number of benzene rings is 1. The lowest BCUT2D eigenvalue weighted by Gasteiger charge is -2.11. The number of hydrogen-bond donors (Lipinski definition) is 0. The molecule has 0 aliphatic carbocycles. The molecule has 20 heavy (non-hydrogen) atoms. The van der Waals surface area contributed by atoms with Gasteiger partial charge in [-0.3, -0.25) is 4.79 Å². The van der Waals surface area contributed by atoms with Gasteiger partial charge < -0.3 is 4.74 Å². The van der Waals surface area contributed by atoms with Crippen molar-refractivity contribution in [1.29, 1.82) is 5.26 Å². The molecule has 0 bridgehead atoms. The summed E-state index contributed by atoms with van der Waals surface area (Å²) in [6, 6.07) is 10.9. The van der Waals surface area contributed by atoms with E-state index in [9.17, 15) is 4.79 Å². The normalized spacial score (nSPS) is 10.1. The van der Waals surface area contributed by atoms with E-state index in [1.807, 2.05) is 37.3 Å². The Kier molecular flexibility index (Phi) is 4.16. The van der Waals surface area contributed by atoms with E-state index >= 15 is 0 Å². The third-order valence-electron chi connectivity index (χ3n) is 2.82. The van der Waals surface area contributed by atoms with Gasteiger partial charge >= 0.3 is 0 Å². The minimum atomic E-state index is -0.203. The van der Waals surface area contributed by atoms with Crippen molar-refractivity contribution >= 4 is 0 Å². The van der Waals surface area contributed by atoms with Gasteiger partial charge in [0.05, 0.1) is 24.8 Å². The number of aromatic nitrogens is 2. The number of aryl methyl sites for hydroxylation is 1. The van der Waals surface area contributed by atoms with Gasteiger partial charge in [-0.25, -0.2) is 4.68 Å². The van der Waals surface area contributed by atoms with E-state index in [1.165, 1.54) is 6.07 Å². The maximum absolute atomic E-state index is 11.7. The fraction of sp³-hybridized carbons (Fsp3) is 0.267. The van der Waals surface area contributed by atoms with Crippen LogP contribution in [0.3, 0.4) is 0 Å². The van der Waals surface area contributed by atoms with Crippen LogP contribution in [0.4, 0.5) is 0 Å². The van der Waals surface area contributed by atoms with E-state index in [2.05, 4.69) is 5.10 Å². The molecule has 2 aromatic rings. The van der Waals surface area contributed by atoms with Gasteiger partial charge in [0.15, 0.2) is 0 Å². The van der Waals surface area contributed by atoms with Crippen LogP contribution in [0.1, 0.15) is 18.3 Å². The average Bonchev–Trinajstić information content (AvgIpc) is 2.43. The molecule has 0 aliphatic heterocycles. The molecule has 0 spiro atoms. The van der Waals surface area contributed by atoms with Crippen molar-refractivity contribution < 1.29 is 4.74 Å². The fourth-order valence-electron chi connectivity index (χ4n) is 1.89. The fourth-order valence-corrected chi connectivity index (χ4v) is 1.89. The minimum Gasteiger partial charge on any atom is -0.494 e. The first-order valence-corrected chi connectivity index (χ1v) is 6.35. The van der Waals surface area contributed by atoms with Crippen LogP contribution in [0.25, 0.3) is 5.69 Å². The summed E-state index contributed by atoms with van der Waals surface area (Å²) < 4.78 is 7.04. The maximum Gasteiger partial charge on any atom is 0.204 e. The molecule has 0 aliphatic rings. The first-order chi connectivity index (χ1) is 9.65. The van der Waals surface area contributed by atoms with Crippen molar-refractivity contribution in [3.05, 3.63) is 51.9 Å². The third kappa shape index (κ3) is 2.86. The van der Waals surface area contributed by atoms with Gasteiger partial charge in [0, 0.05) is 11.8 Å². The first-order valence-electron chi connectivity index (χ1n) is 6.35. The highest BCUT2D eigenvalue weighted by molar-refractivity contribution is 5.38. The number of rotatable bonds is 4. The van der Waals surface area contributed by atoms with Gasteiger partial charge in [-0.1, -0.05) is 0 Å². The largest absolute Gasteiger partial charge is 0.494 e. The zero-order valence-electron chi connectivity index (χ0n) is 11.5. The van der Waals surface area contributed by atoms with Crippen molar-refractivity contribution in [2.45, 2.75) is 20.3 Å². The van der Waals surface area contributed by atoms with E-state index in [1.54, 1.807) is 11.6 Å². The van der Waals surface area contributed by atoms with Crippen LogP contribution in [-0.2, 0) is 6.42 Å². The molecule has 0 fully saturated rings. The molecule has 1 heterocycles. The van der Waals surface area contributed by atoms with Crippen LogP contribution in [0, 0.1) is 18.3 Å². The van der Waals surface area contributed by atoms with Gasteiger partial charge in [-0.05, 0) is 38.1 Å². The molecule has 0 saturated carbocycles. The highest BCUT2D eigenvalue weighted by atomic mass is 16.5. The maximum atomic E-state index is 11.7. The zero-order chi connectivity index (χ0) is 14.5. The lowest BCUT2D eigenvalue weighted by atomic mass is 10.2. The molecule has 1 aromatic heterocycles. The number of ether oxygens (including phenoxy) is 1. The van der Waals surface area contributed by atoms with E-state index in [0.29, 0.717) is 6.61 Å². The molecule has 0 N–H and O–H groups in total. The van der Waals surface area contributed by atoms with Crippen LogP contribution in [-0.4, -0.2) is 16.4 Å². The van der Waals surface area contributed by atoms with Crippen molar-refractivity contribution in [2.75, 3.05) is 6.61 Å².